The van der Waals surface area contributed by atoms with Crippen LogP contribution in [0.15, 0.2) is 88.6 Å². The summed E-state index contributed by atoms with van der Waals surface area (Å²) < 4.78 is 53.2. The molecule has 0 aliphatic carbocycles. The molecule has 1 aliphatic heterocycles. The Morgan fingerprint density at radius 3 is 2.58 bits per heavy atom. The SMILES string of the molecule is Cc1ccc(S(=O)(=O)O[N+]2(c3cccc4c3cnn4-c3ccccc3F)CCN(Cc3nnco3)C2=O)cc1.O. The van der Waals surface area contributed by atoms with Crippen LogP contribution >= 0.6 is 0 Å². The van der Waals surface area contributed by atoms with Crippen molar-refractivity contribution in [1.82, 2.24) is 29.5 Å². The predicted octanol–water partition coefficient (Wildman–Crippen LogP) is 3.29. The topological polar surface area (TPSA) is 152 Å². The lowest BCUT2D eigenvalue weighted by molar-refractivity contribution is 0.0180. The molecular weight excluding hydrogens is 543 g/mol. The smallest absolute Gasteiger partial charge is 0.426 e. The molecule has 3 aromatic carbocycles. The number of carbonyl (C=O) groups is 1. The van der Waals surface area contributed by atoms with Gasteiger partial charge in [0.05, 0.1) is 28.5 Å². The number of benzene rings is 3. The highest BCUT2D eigenvalue weighted by atomic mass is 32.2. The maximum Gasteiger partial charge on any atom is 0.459 e. The van der Waals surface area contributed by atoms with Crippen molar-refractivity contribution in [1.29, 1.82) is 0 Å². The number of aryl methyl sites for hydroxylation is 1. The van der Waals surface area contributed by atoms with Gasteiger partial charge < -0.3 is 9.89 Å². The van der Waals surface area contributed by atoms with E-state index in [-0.39, 0.29) is 47.3 Å². The summed E-state index contributed by atoms with van der Waals surface area (Å²) in [7, 11) is -4.42. The van der Waals surface area contributed by atoms with Gasteiger partial charge >= 0.3 is 16.1 Å². The van der Waals surface area contributed by atoms with E-state index >= 15 is 0 Å². The van der Waals surface area contributed by atoms with Crippen molar-refractivity contribution in [2.24, 2.45) is 0 Å². The Labute approximate surface area is 227 Å². The maximum atomic E-state index is 14.6. The van der Waals surface area contributed by atoms with Crippen LogP contribution in [0.1, 0.15) is 11.5 Å². The number of hydrogen-bond donors (Lipinski definition) is 0. The highest BCUT2D eigenvalue weighted by Gasteiger charge is 2.56. The third-order valence-electron chi connectivity index (χ3n) is 6.59. The lowest BCUT2D eigenvalue weighted by Gasteiger charge is -2.26. The number of urea groups is 1. The number of hydrogen-bond acceptors (Lipinski definition) is 8. The number of rotatable bonds is 7. The van der Waals surface area contributed by atoms with Crippen molar-refractivity contribution in [3.05, 3.63) is 96.6 Å². The molecule has 40 heavy (non-hydrogen) atoms. The monoisotopic (exact) mass is 567 g/mol. The van der Waals surface area contributed by atoms with E-state index < -0.39 is 26.6 Å². The van der Waals surface area contributed by atoms with Gasteiger partial charge in [0.2, 0.25) is 12.3 Å². The molecule has 1 fully saturated rings. The Kier molecular flexibility index (Phi) is 6.93. The highest BCUT2D eigenvalue weighted by molar-refractivity contribution is 7.86. The molecule has 1 unspecified atom stereocenters. The standard InChI is InChI=1S/C26H22FN6O5S.H2O/c1-18-9-11-19(12-10-18)39(35,36)38-33(14-13-31(26(33)34)16-25-30-28-17-37-25)24-8-4-7-22-20(24)15-29-32(22)23-6-3-2-5-21(23)27;/h2-12,15,17H,13-14,16H2,1H3;1H2/q+1;. The minimum absolute atomic E-state index is 0. The van der Waals surface area contributed by atoms with Gasteiger partial charge in [-0.05, 0) is 41.9 Å². The summed E-state index contributed by atoms with van der Waals surface area (Å²) in [4.78, 5) is 15.3. The molecule has 12 nitrogen and oxygen atoms in total. The summed E-state index contributed by atoms with van der Waals surface area (Å²) in [5.41, 5.74) is 1.78. The molecule has 14 heteroatoms. The third kappa shape index (κ3) is 4.52. The van der Waals surface area contributed by atoms with Crippen molar-refractivity contribution in [2.75, 3.05) is 13.1 Å². The van der Waals surface area contributed by atoms with Crippen LogP contribution in [0.4, 0.5) is 14.9 Å². The van der Waals surface area contributed by atoms with Gasteiger partial charge in [0.1, 0.15) is 24.6 Å². The summed E-state index contributed by atoms with van der Waals surface area (Å²) >= 11 is 0. The fraction of sp³-hybridized carbons (Fsp3) is 0.154. The van der Waals surface area contributed by atoms with Gasteiger partial charge in [0, 0.05) is 6.07 Å². The fourth-order valence-corrected chi connectivity index (χ4v) is 5.78. The molecular formula is C26H24FN6O6S+. The third-order valence-corrected chi connectivity index (χ3v) is 7.89. The molecule has 5 aromatic rings. The molecule has 2 amide bonds. The second kappa shape index (κ2) is 10.2. The van der Waals surface area contributed by atoms with Crippen LogP contribution in [0.2, 0.25) is 0 Å². The van der Waals surface area contributed by atoms with E-state index in [1.54, 1.807) is 48.5 Å². The van der Waals surface area contributed by atoms with Crippen LogP contribution in [0.25, 0.3) is 16.6 Å². The molecule has 0 saturated carbocycles. The number of hydroxylamine groups is 2. The quantitative estimate of drug-likeness (QED) is 0.272. The Morgan fingerprint density at radius 2 is 1.85 bits per heavy atom. The van der Waals surface area contributed by atoms with Gasteiger partial charge in [-0.25, -0.2) is 13.9 Å². The fourth-order valence-electron chi connectivity index (χ4n) is 4.67. The van der Waals surface area contributed by atoms with Gasteiger partial charge in [-0.1, -0.05) is 40.2 Å². The Morgan fingerprint density at radius 1 is 1.07 bits per heavy atom. The Hall–Kier alpha value is -4.50. The predicted molar refractivity (Wildman–Crippen MR) is 141 cm³/mol. The van der Waals surface area contributed by atoms with E-state index in [2.05, 4.69) is 15.3 Å². The van der Waals surface area contributed by atoms with Gasteiger partial charge in [0.15, 0.2) is 5.69 Å². The molecule has 2 N–H and O–H groups in total. The summed E-state index contributed by atoms with van der Waals surface area (Å²) in [6.07, 6.45) is 2.61. The number of halogens is 1. The molecule has 1 aliphatic rings. The van der Waals surface area contributed by atoms with Gasteiger partial charge in [-0.15, -0.1) is 10.2 Å². The van der Waals surface area contributed by atoms with E-state index in [9.17, 15) is 17.6 Å². The lowest BCUT2D eigenvalue weighted by atomic mass is 10.2. The number of carbonyl (C=O) groups excluding carboxylic acids is 1. The second-order valence-electron chi connectivity index (χ2n) is 9.06. The molecule has 1 atom stereocenters. The number of amides is 2. The Bertz CT molecular complexity index is 1790. The molecule has 2 aromatic heterocycles. The maximum absolute atomic E-state index is 14.6. The summed E-state index contributed by atoms with van der Waals surface area (Å²) in [5.74, 6) is -0.298. The molecule has 206 valence electrons. The zero-order valence-electron chi connectivity index (χ0n) is 21.1. The second-order valence-corrected chi connectivity index (χ2v) is 10.6. The average Bonchev–Trinajstić information content (AvgIpc) is 3.66. The van der Waals surface area contributed by atoms with E-state index in [1.807, 2.05) is 6.92 Å². The number of para-hydroxylation sites is 1. The lowest BCUT2D eigenvalue weighted by Crippen LogP contribution is -2.53. The number of fused-ring (bicyclic) bond motifs is 1. The van der Waals surface area contributed by atoms with E-state index in [0.717, 1.165) is 12.0 Å². The van der Waals surface area contributed by atoms with Crippen LogP contribution < -0.4 is 4.65 Å². The van der Waals surface area contributed by atoms with Crippen LogP contribution in [-0.4, -0.2) is 57.9 Å². The van der Waals surface area contributed by atoms with Crippen molar-refractivity contribution >= 4 is 32.7 Å². The van der Waals surface area contributed by atoms with Gasteiger partial charge in [-0.2, -0.15) is 13.5 Å². The minimum atomic E-state index is -4.42. The van der Waals surface area contributed by atoms with Gasteiger partial charge in [-0.3, -0.25) is 4.90 Å². The number of nitrogens with zero attached hydrogens (tertiary/aromatic N) is 6. The zero-order valence-corrected chi connectivity index (χ0v) is 22.0. The Balaban J connectivity index is 0.00000323. The first-order chi connectivity index (χ1) is 18.8. The number of aromatic nitrogens is 4. The zero-order chi connectivity index (χ0) is 27.2. The minimum Gasteiger partial charge on any atom is -0.426 e. The van der Waals surface area contributed by atoms with E-state index in [1.165, 1.54) is 34.0 Å². The molecule has 3 heterocycles. The highest BCUT2D eigenvalue weighted by Crippen LogP contribution is 2.39. The van der Waals surface area contributed by atoms with E-state index in [0.29, 0.717) is 10.9 Å². The average molecular weight is 568 g/mol. The number of quaternary nitrogens is 1. The largest absolute Gasteiger partial charge is 0.459 e. The van der Waals surface area contributed by atoms with Crippen molar-refractivity contribution in [3.8, 4) is 5.69 Å². The van der Waals surface area contributed by atoms with Crippen molar-refractivity contribution in [3.63, 3.8) is 0 Å². The first kappa shape index (κ1) is 27.1. The molecule has 0 spiro atoms. The van der Waals surface area contributed by atoms with Crippen molar-refractivity contribution < 1.29 is 31.8 Å². The van der Waals surface area contributed by atoms with Crippen molar-refractivity contribution in [2.45, 2.75) is 18.4 Å². The summed E-state index contributed by atoms with van der Waals surface area (Å²) in [6.45, 7) is 1.90. The van der Waals surface area contributed by atoms with E-state index in [4.69, 9.17) is 8.70 Å². The van der Waals surface area contributed by atoms with Crippen LogP contribution in [0, 0.1) is 12.7 Å². The molecule has 6 rings (SSSR count). The molecule has 1 saturated heterocycles. The molecule has 0 bridgehead atoms. The van der Waals surface area contributed by atoms with Gasteiger partial charge in [0.25, 0.3) is 0 Å². The molecule has 0 radical (unpaired) electrons. The summed E-state index contributed by atoms with van der Waals surface area (Å²) in [5, 5.41) is 12.3. The normalized spacial score (nSPS) is 17.4. The first-order valence-electron chi connectivity index (χ1n) is 12.0. The summed E-state index contributed by atoms with van der Waals surface area (Å²) in [6, 6.07) is 16.6. The van der Waals surface area contributed by atoms with Crippen LogP contribution in [0.5, 0.6) is 0 Å². The first-order valence-corrected chi connectivity index (χ1v) is 13.4. The van der Waals surface area contributed by atoms with Crippen LogP contribution in [-0.2, 0) is 20.9 Å². The van der Waals surface area contributed by atoms with Crippen LogP contribution in [0.3, 0.4) is 0 Å².